The van der Waals surface area contributed by atoms with E-state index < -0.39 is 0 Å². The van der Waals surface area contributed by atoms with Gasteiger partial charge >= 0.3 is 0 Å². The summed E-state index contributed by atoms with van der Waals surface area (Å²) in [5.74, 6) is 1.41. The van der Waals surface area contributed by atoms with E-state index in [1.54, 1.807) is 10.4 Å². The van der Waals surface area contributed by atoms with Gasteiger partial charge in [-0.25, -0.2) is 0 Å². The number of rotatable bonds is 5. The summed E-state index contributed by atoms with van der Waals surface area (Å²) in [5.41, 5.74) is 8.03. The molecule has 1 aliphatic rings. The molecule has 0 fully saturated rings. The largest absolute Gasteiger partial charge is 0.327 e. The zero-order valence-corrected chi connectivity index (χ0v) is 11.9. The third kappa shape index (κ3) is 3.11. The Hall–Kier alpha value is -0.340. The highest BCUT2D eigenvalue weighted by molar-refractivity contribution is 7.10. The lowest BCUT2D eigenvalue weighted by Crippen LogP contribution is -2.32. The second-order valence-corrected chi connectivity index (χ2v) is 6.59. The van der Waals surface area contributed by atoms with Gasteiger partial charge in [-0.3, -0.25) is 0 Å². The van der Waals surface area contributed by atoms with Crippen LogP contribution in [0.2, 0.25) is 0 Å². The molecular formula is C15H25NS. The SMILES string of the molecule is CCCC(C)CC(N)C1CCCc2sccc21. The van der Waals surface area contributed by atoms with Gasteiger partial charge in [0.15, 0.2) is 0 Å². The molecule has 0 saturated heterocycles. The fourth-order valence-corrected chi connectivity index (χ4v) is 4.20. The molecule has 3 atom stereocenters. The number of thiophene rings is 1. The van der Waals surface area contributed by atoms with Crippen molar-refractivity contribution < 1.29 is 0 Å². The quantitative estimate of drug-likeness (QED) is 0.828. The van der Waals surface area contributed by atoms with E-state index in [4.69, 9.17) is 5.73 Å². The maximum absolute atomic E-state index is 6.46. The second kappa shape index (κ2) is 6.01. The van der Waals surface area contributed by atoms with Gasteiger partial charge in [-0.15, -0.1) is 11.3 Å². The van der Waals surface area contributed by atoms with Crippen LogP contribution in [0.15, 0.2) is 11.4 Å². The molecule has 0 amide bonds. The monoisotopic (exact) mass is 251 g/mol. The first kappa shape index (κ1) is 13.1. The molecule has 1 aromatic heterocycles. The third-order valence-corrected chi connectivity index (χ3v) is 5.07. The van der Waals surface area contributed by atoms with Gasteiger partial charge < -0.3 is 5.73 Å². The van der Waals surface area contributed by atoms with E-state index in [2.05, 4.69) is 25.3 Å². The summed E-state index contributed by atoms with van der Waals surface area (Å²) in [6.07, 6.45) is 7.69. The summed E-state index contributed by atoms with van der Waals surface area (Å²) >= 11 is 1.92. The van der Waals surface area contributed by atoms with E-state index in [-0.39, 0.29) is 0 Å². The molecule has 1 aromatic rings. The first-order valence-electron chi connectivity index (χ1n) is 7.04. The molecule has 0 radical (unpaired) electrons. The Morgan fingerprint density at radius 1 is 1.53 bits per heavy atom. The number of hydrogen-bond acceptors (Lipinski definition) is 2. The van der Waals surface area contributed by atoms with Crippen LogP contribution in [-0.4, -0.2) is 6.04 Å². The van der Waals surface area contributed by atoms with Gasteiger partial charge in [0.25, 0.3) is 0 Å². The summed E-state index contributed by atoms with van der Waals surface area (Å²) in [5, 5.41) is 2.24. The molecule has 1 nitrogen and oxygen atoms in total. The summed E-state index contributed by atoms with van der Waals surface area (Å²) < 4.78 is 0. The lowest BCUT2D eigenvalue weighted by Gasteiger charge is -2.29. The van der Waals surface area contributed by atoms with Crippen molar-refractivity contribution in [2.24, 2.45) is 11.7 Å². The molecule has 1 heterocycles. The number of fused-ring (bicyclic) bond motifs is 1. The Morgan fingerprint density at radius 2 is 2.35 bits per heavy atom. The fourth-order valence-electron chi connectivity index (χ4n) is 3.21. The molecule has 0 saturated carbocycles. The van der Waals surface area contributed by atoms with Gasteiger partial charge in [0, 0.05) is 16.8 Å². The van der Waals surface area contributed by atoms with E-state index in [1.807, 2.05) is 11.3 Å². The second-order valence-electron chi connectivity index (χ2n) is 5.59. The van der Waals surface area contributed by atoms with Crippen LogP contribution in [0, 0.1) is 5.92 Å². The third-order valence-electron chi connectivity index (χ3n) is 4.07. The molecule has 0 spiro atoms. The first-order chi connectivity index (χ1) is 8.22. The van der Waals surface area contributed by atoms with Crippen LogP contribution in [0.25, 0.3) is 0 Å². The summed E-state index contributed by atoms with van der Waals surface area (Å²) in [6, 6.07) is 2.68. The predicted molar refractivity (Wildman–Crippen MR) is 76.7 cm³/mol. The van der Waals surface area contributed by atoms with Crippen LogP contribution in [0.1, 0.15) is 62.3 Å². The van der Waals surface area contributed by atoms with Crippen LogP contribution in [0.4, 0.5) is 0 Å². The normalized spacial score (nSPS) is 23.1. The van der Waals surface area contributed by atoms with Gasteiger partial charge in [-0.2, -0.15) is 0 Å². The van der Waals surface area contributed by atoms with E-state index in [0.717, 1.165) is 5.92 Å². The molecule has 96 valence electrons. The van der Waals surface area contributed by atoms with E-state index in [0.29, 0.717) is 12.0 Å². The van der Waals surface area contributed by atoms with E-state index in [9.17, 15) is 0 Å². The van der Waals surface area contributed by atoms with Crippen LogP contribution in [-0.2, 0) is 6.42 Å². The van der Waals surface area contributed by atoms with Crippen molar-refractivity contribution in [1.29, 1.82) is 0 Å². The molecule has 2 N–H and O–H groups in total. The Morgan fingerprint density at radius 3 is 3.12 bits per heavy atom. The van der Waals surface area contributed by atoms with Gasteiger partial charge in [-0.1, -0.05) is 26.7 Å². The lowest BCUT2D eigenvalue weighted by molar-refractivity contribution is 0.371. The van der Waals surface area contributed by atoms with Gasteiger partial charge in [0.05, 0.1) is 0 Å². The fraction of sp³-hybridized carbons (Fsp3) is 0.733. The highest BCUT2D eigenvalue weighted by Gasteiger charge is 2.27. The topological polar surface area (TPSA) is 26.0 Å². The minimum absolute atomic E-state index is 0.366. The molecule has 0 aromatic carbocycles. The minimum atomic E-state index is 0.366. The Bertz CT molecular complexity index is 344. The average molecular weight is 251 g/mol. The molecule has 1 aliphatic carbocycles. The van der Waals surface area contributed by atoms with E-state index in [1.165, 1.54) is 38.5 Å². The Balaban J connectivity index is 1.99. The zero-order chi connectivity index (χ0) is 12.3. The summed E-state index contributed by atoms with van der Waals surface area (Å²) in [6.45, 7) is 4.61. The average Bonchev–Trinajstić information content (AvgIpc) is 2.76. The van der Waals surface area contributed by atoms with Crippen molar-refractivity contribution in [3.63, 3.8) is 0 Å². The van der Waals surface area contributed by atoms with Gasteiger partial charge in [-0.05, 0) is 48.6 Å². The molecule has 17 heavy (non-hydrogen) atoms. The van der Waals surface area contributed by atoms with Crippen LogP contribution in [0.5, 0.6) is 0 Å². The van der Waals surface area contributed by atoms with Crippen molar-refractivity contribution in [2.75, 3.05) is 0 Å². The smallest absolute Gasteiger partial charge is 0.0111 e. The van der Waals surface area contributed by atoms with Crippen molar-refractivity contribution >= 4 is 11.3 Å². The molecular weight excluding hydrogens is 226 g/mol. The maximum Gasteiger partial charge on any atom is 0.0111 e. The van der Waals surface area contributed by atoms with Crippen molar-refractivity contribution in [3.8, 4) is 0 Å². The number of aryl methyl sites for hydroxylation is 1. The van der Waals surface area contributed by atoms with Crippen molar-refractivity contribution in [3.05, 3.63) is 21.9 Å². The standard InChI is InChI=1S/C15H25NS/c1-3-5-11(2)10-14(16)12-6-4-7-15-13(12)8-9-17-15/h8-9,11-12,14H,3-7,10,16H2,1-2H3. The molecule has 2 heteroatoms. The minimum Gasteiger partial charge on any atom is -0.327 e. The number of nitrogens with two attached hydrogens (primary N) is 1. The summed E-state index contributed by atoms with van der Waals surface area (Å²) in [7, 11) is 0. The lowest BCUT2D eigenvalue weighted by atomic mass is 9.79. The van der Waals surface area contributed by atoms with Crippen molar-refractivity contribution in [1.82, 2.24) is 0 Å². The predicted octanol–water partition coefficient (Wildman–Crippen LogP) is 4.32. The highest BCUT2D eigenvalue weighted by atomic mass is 32.1. The molecule has 3 unspecified atom stereocenters. The molecule has 2 rings (SSSR count). The number of hydrogen-bond donors (Lipinski definition) is 1. The first-order valence-corrected chi connectivity index (χ1v) is 7.92. The summed E-state index contributed by atoms with van der Waals surface area (Å²) in [4.78, 5) is 1.60. The van der Waals surface area contributed by atoms with Gasteiger partial charge in [0.2, 0.25) is 0 Å². The Labute approximate surface area is 109 Å². The van der Waals surface area contributed by atoms with Crippen LogP contribution >= 0.6 is 11.3 Å². The van der Waals surface area contributed by atoms with Crippen LogP contribution in [0.3, 0.4) is 0 Å². The van der Waals surface area contributed by atoms with Crippen LogP contribution < -0.4 is 5.73 Å². The van der Waals surface area contributed by atoms with Gasteiger partial charge in [0.1, 0.15) is 0 Å². The highest BCUT2D eigenvalue weighted by Crippen LogP contribution is 2.37. The Kier molecular flexibility index (Phi) is 4.63. The van der Waals surface area contributed by atoms with E-state index >= 15 is 0 Å². The maximum atomic E-state index is 6.46. The molecule has 0 aliphatic heterocycles. The zero-order valence-electron chi connectivity index (χ0n) is 11.1. The molecule has 0 bridgehead atoms. The van der Waals surface area contributed by atoms with Crippen molar-refractivity contribution in [2.45, 2.75) is 64.3 Å².